The first-order valence-corrected chi connectivity index (χ1v) is 12.3. The number of benzene rings is 2. The molecule has 1 fully saturated rings. The molecule has 9 heteroatoms. The third-order valence-corrected chi connectivity index (χ3v) is 6.94. The zero-order valence-corrected chi connectivity index (χ0v) is 21.5. The lowest BCUT2D eigenvalue weighted by Crippen LogP contribution is -2.46. The highest BCUT2D eigenvalue weighted by Gasteiger charge is 2.61. The summed E-state index contributed by atoms with van der Waals surface area (Å²) in [6.45, 7) is 6.66. The van der Waals surface area contributed by atoms with Crippen molar-refractivity contribution in [1.29, 1.82) is 5.26 Å². The minimum atomic E-state index is -1.64. The molecule has 1 heterocycles. The van der Waals surface area contributed by atoms with Gasteiger partial charge in [-0.2, -0.15) is 5.26 Å². The average Bonchev–Trinajstić information content (AvgIpc) is 3.08. The van der Waals surface area contributed by atoms with E-state index in [1.165, 1.54) is 24.3 Å². The maximum absolute atomic E-state index is 15.5. The molecule has 3 rings (SSSR count). The van der Waals surface area contributed by atoms with Crippen LogP contribution in [0.2, 0.25) is 10.0 Å². The van der Waals surface area contributed by atoms with Crippen molar-refractivity contribution in [2.75, 3.05) is 13.1 Å². The van der Waals surface area contributed by atoms with Gasteiger partial charge in [0.1, 0.15) is 17.0 Å². The molecule has 0 saturated carbocycles. The largest absolute Gasteiger partial charge is 0.355 e. The second kappa shape index (κ2) is 10.8. The Morgan fingerprint density at radius 3 is 2.57 bits per heavy atom. The highest BCUT2D eigenvalue weighted by atomic mass is 35.5. The fourth-order valence-electron chi connectivity index (χ4n) is 4.98. The first kappa shape index (κ1) is 27.3. The molecule has 5 nitrogen and oxygen atoms in total. The van der Waals surface area contributed by atoms with E-state index in [0.29, 0.717) is 25.9 Å². The summed E-state index contributed by atoms with van der Waals surface area (Å²) < 4.78 is 31.0. The van der Waals surface area contributed by atoms with E-state index in [4.69, 9.17) is 28.9 Å². The summed E-state index contributed by atoms with van der Waals surface area (Å²) >= 11 is 12.1. The van der Waals surface area contributed by atoms with Crippen LogP contribution < -0.4 is 16.4 Å². The van der Waals surface area contributed by atoms with Crippen LogP contribution in [-0.2, 0) is 10.2 Å². The number of halogens is 4. The number of carbonyl (C=O) groups is 1. The second-order valence-corrected chi connectivity index (χ2v) is 11.0. The normalized spacial score (nSPS) is 24.3. The van der Waals surface area contributed by atoms with Crippen molar-refractivity contribution in [2.24, 2.45) is 11.1 Å². The van der Waals surface area contributed by atoms with Gasteiger partial charge in [0.05, 0.1) is 17.1 Å². The van der Waals surface area contributed by atoms with E-state index < -0.39 is 41.0 Å². The fraction of sp³-hybridized carbons (Fsp3) is 0.462. The molecule has 0 aliphatic carbocycles. The maximum Gasteiger partial charge on any atom is 0.237 e. The minimum absolute atomic E-state index is 0.0489. The van der Waals surface area contributed by atoms with Gasteiger partial charge < -0.3 is 16.4 Å². The predicted octanol–water partition coefficient (Wildman–Crippen LogP) is 5.06. The number of nitrogens with zero attached hydrogens (tertiary/aromatic N) is 1. The van der Waals surface area contributed by atoms with E-state index in [1.54, 1.807) is 6.07 Å². The van der Waals surface area contributed by atoms with Gasteiger partial charge in [-0.25, -0.2) is 8.78 Å². The Balaban J connectivity index is 2.30. The molecule has 1 aliphatic rings. The summed E-state index contributed by atoms with van der Waals surface area (Å²) in [5, 5.41) is 16.9. The van der Waals surface area contributed by atoms with Crippen molar-refractivity contribution in [1.82, 2.24) is 10.6 Å². The molecule has 2 aromatic rings. The number of hydrogen-bond donors (Lipinski definition) is 3. The van der Waals surface area contributed by atoms with Gasteiger partial charge in [0.2, 0.25) is 5.91 Å². The van der Waals surface area contributed by atoms with Crippen LogP contribution in [0.1, 0.15) is 50.7 Å². The van der Waals surface area contributed by atoms with Gasteiger partial charge in [0, 0.05) is 29.1 Å². The molecule has 0 spiro atoms. The third-order valence-electron chi connectivity index (χ3n) is 6.41. The van der Waals surface area contributed by atoms with Crippen LogP contribution >= 0.6 is 23.2 Å². The number of hydrogen-bond acceptors (Lipinski definition) is 4. The molecule has 188 valence electrons. The van der Waals surface area contributed by atoms with E-state index in [-0.39, 0.29) is 26.6 Å². The smallest absolute Gasteiger partial charge is 0.237 e. The summed E-state index contributed by atoms with van der Waals surface area (Å²) in [6.07, 6.45) is 0.961. The first-order valence-electron chi connectivity index (χ1n) is 11.5. The van der Waals surface area contributed by atoms with Crippen LogP contribution in [0.3, 0.4) is 0 Å². The molecular formula is C26H30Cl2F2N4O. The van der Waals surface area contributed by atoms with Crippen LogP contribution in [0.25, 0.3) is 0 Å². The molecule has 0 bridgehead atoms. The molecular weight excluding hydrogens is 493 g/mol. The van der Waals surface area contributed by atoms with E-state index in [1.807, 2.05) is 20.8 Å². The summed E-state index contributed by atoms with van der Waals surface area (Å²) in [5.74, 6) is -2.94. The SMILES string of the molecule is CC(C)(C)CC1N[C@@H](C(=O)NCCCN)C(c2cccc(Cl)c2F)[C@@]1(C#N)c1ccc(Cl)cc1F. The summed E-state index contributed by atoms with van der Waals surface area (Å²) in [7, 11) is 0. The van der Waals surface area contributed by atoms with Crippen molar-refractivity contribution in [3.8, 4) is 6.07 Å². The third kappa shape index (κ3) is 5.46. The van der Waals surface area contributed by atoms with Gasteiger partial charge in [-0.1, -0.05) is 62.2 Å². The average molecular weight is 523 g/mol. The monoisotopic (exact) mass is 522 g/mol. The Kier molecular flexibility index (Phi) is 8.44. The molecule has 35 heavy (non-hydrogen) atoms. The van der Waals surface area contributed by atoms with Gasteiger partial charge in [0.25, 0.3) is 0 Å². The van der Waals surface area contributed by atoms with Crippen LogP contribution in [0.5, 0.6) is 0 Å². The van der Waals surface area contributed by atoms with E-state index in [9.17, 15) is 10.1 Å². The summed E-state index contributed by atoms with van der Waals surface area (Å²) in [6, 6.07) is 9.12. The highest BCUT2D eigenvalue weighted by Crippen LogP contribution is 2.52. The van der Waals surface area contributed by atoms with Gasteiger partial charge in [0.15, 0.2) is 0 Å². The lowest BCUT2D eigenvalue weighted by atomic mass is 9.62. The van der Waals surface area contributed by atoms with Gasteiger partial charge in [-0.05, 0) is 48.6 Å². The lowest BCUT2D eigenvalue weighted by Gasteiger charge is -2.37. The van der Waals surface area contributed by atoms with Crippen LogP contribution in [-0.4, -0.2) is 31.1 Å². The Morgan fingerprint density at radius 2 is 1.97 bits per heavy atom. The number of rotatable bonds is 7. The Bertz CT molecular complexity index is 1130. The Hall–Kier alpha value is -2.24. The highest BCUT2D eigenvalue weighted by molar-refractivity contribution is 6.31. The Morgan fingerprint density at radius 1 is 1.26 bits per heavy atom. The Labute approximate surface area is 215 Å². The zero-order chi connectivity index (χ0) is 26.0. The molecule has 2 unspecified atom stereocenters. The van der Waals surface area contributed by atoms with Crippen LogP contribution in [0.4, 0.5) is 8.78 Å². The molecule has 1 amide bonds. The molecule has 0 aromatic heterocycles. The summed E-state index contributed by atoms with van der Waals surface area (Å²) in [4.78, 5) is 13.4. The van der Waals surface area contributed by atoms with Gasteiger partial charge >= 0.3 is 0 Å². The lowest BCUT2D eigenvalue weighted by molar-refractivity contribution is -0.123. The van der Waals surface area contributed by atoms with E-state index >= 15 is 8.78 Å². The molecule has 1 saturated heterocycles. The van der Waals surface area contributed by atoms with Crippen molar-refractivity contribution in [2.45, 2.75) is 57.0 Å². The number of carbonyl (C=O) groups excluding carboxylic acids is 1. The number of nitrogens with two attached hydrogens (primary N) is 1. The quantitative estimate of drug-likeness (QED) is 0.443. The predicted molar refractivity (Wildman–Crippen MR) is 134 cm³/mol. The topological polar surface area (TPSA) is 90.9 Å². The van der Waals surface area contributed by atoms with Crippen molar-refractivity contribution in [3.63, 3.8) is 0 Å². The molecule has 1 aliphatic heterocycles. The van der Waals surface area contributed by atoms with Crippen LogP contribution in [0.15, 0.2) is 36.4 Å². The van der Waals surface area contributed by atoms with Crippen molar-refractivity contribution >= 4 is 29.1 Å². The van der Waals surface area contributed by atoms with E-state index in [2.05, 4.69) is 16.7 Å². The van der Waals surface area contributed by atoms with Crippen LogP contribution in [0, 0.1) is 28.4 Å². The molecule has 4 N–H and O–H groups in total. The minimum Gasteiger partial charge on any atom is -0.355 e. The maximum atomic E-state index is 15.5. The molecule has 2 aromatic carbocycles. The standard InChI is InChI=1S/C26H30Cl2F2N4O/c1-25(2,3)13-20-26(14-32,17-9-8-15(27)12-19(17)29)21(16-6-4-7-18(28)22(16)30)23(34-20)24(35)33-11-5-10-31/h4,6-9,12,20-21,23,34H,5,10-11,13,31H2,1-3H3,(H,33,35)/t20?,21?,23-,26+/m1/s1. The van der Waals surface area contributed by atoms with E-state index in [0.717, 1.165) is 6.07 Å². The number of nitriles is 1. The fourth-order valence-corrected chi connectivity index (χ4v) is 5.32. The zero-order valence-electron chi connectivity index (χ0n) is 20.0. The molecule has 4 atom stereocenters. The van der Waals surface area contributed by atoms with Gasteiger partial charge in [-0.15, -0.1) is 0 Å². The second-order valence-electron chi connectivity index (χ2n) is 10.1. The van der Waals surface area contributed by atoms with Gasteiger partial charge in [-0.3, -0.25) is 4.79 Å². The number of amides is 1. The molecule has 0 radical (unpaired) electrons. The first-order chi connectivity index (χ1) is 16.5. The van der Waals surface area contributed by atoms with Crippen molar-refractivity contribution in [3.05, 3.63) is 69.2 Å². The van der Waals surface area contributed by atoms with Crippen molar-refractivity contribution < 1.29 is 13.6 Å². The number of nitrogens with one attached hydrogen (secondary N) is 2. The summed E-state index contributed by atoms with van der Waals surface area (Å²) in [5.41, 5.74) is 3.74.